The van der Waals surface area contributed by atoms with Crippen molar-refractivity contribution in [3.05, 3.63) is 36.8 Å². The minimum Gasteiger partial charge on any atom is -0.489 e. The van der Waals surface area contributed by atoms with Gasteiger partial charge in [0.15, 0.2) is 0 Å². The molecule has 1 heterocycles. The first-order valence-corrected chi connectivity index (χ1v) is 7.56. The van der Waals surface area contributed by atoms with E-state index in [9.17, 15) is 4.79 Å². The molecule has 4 nitrogen and oxygen atoms in total. The fourth-order valence-corrected chi connectivity index (χ4v) is 3.08. The summed E-state index contributed by atoms with van der Waals surface area (Å²) in [5.74, 6) is 1.20. The second kappa shape index (κ2) is 6.57. The largest absolute Gasteiger partial charge is 0.489 e. The van der Waals surface area contributed by atoms with E-state index in [4.69, 9.17) is 4.74 Å². The third-order valence-corrected chi connectivity index (χ3v) is 4.19. The van der Waals surface area contributed by atoms with Crippen molar-refractivity contribution < 1.29 is 9.53 Å². The normalized spacial score (nSPS) is 21.9. The zero-order valence-electron chi connectivity index (χ0n) is 12.0. The lowest BCUT2D eigenvalue weighted by Gasteiger charge is -2.31. The van der Waals surface area contributed by atoms with Crippen molar-refractivity contribution in [1.29, 1.82) is 0 Å². The highest BCUT2D eigenvalue weighted by Crippen LogP contribution is 2.34. The van der Waals surface area contributed by atoms with Gasteiger partial charge in [-0.25, -0.2) is 4.98 Å². The van der Waals surface area contributed by atoms with Crippen LogP contribution in [0.3, 0.4) is 0 Å². The first kappa shape index (κ1) is 13.9. The van der Waals surface area contributed by atoms with Crippen molar-refractivity contribution >= 4 is 6.29 Å². The molecule has 4 heteroatoms. The molecule has 3 rings (SSSR count). The predicted octanol–water partition coefficient (Wildman–Crippen LogP) is 3.60. The van der Waals surface area contributed by atoms with Crippen LogP contribution < -0.4 is 4.74 Å². The molecule has 0 amide bonds. The molecule has 0 radical (unpaired) electrons. The molecule has 1 aliphatic rings. The van der Waals surface area contributed by atoms with Gasteiger partial charge in [-0.3, -0.25) is 0 Å². The van der Waals surface area contributed by atoms with Crippen molar-refractivity contribution in [2.24, 2.45) is 5.92 Å². The van der Waals surface area contributed by atoms with E-state index >= 15 is 0 Å². The number of aromatic amines is 1. The molecule has 1 aromatic heterocycles. The van der Waals surface area contributed by atoms with E-state index in [1.54, 1.807) is 12.5 Å². The average molecular weight is 284 g/mol. The summed E-state index contributed by atoms with van der Waals surface area (Å²) in [6, 6.07) is 7.99. The van der Waals surface area contributed by atoms with E-state index in [2.05, 4.69) is 9.97 Å². The number of carbonyl (C=O) groups is 1. The molecule has 21 heavy (non-hydrogen) atoms. The number of imidazole rings is 1. The van der Waals surface area contributed by atoms with Gasteiger partial charge in [0.1, 0.15) is 18.1 Å². The molecule has 110 valence electrons. The molecule has 1 fully saturated rings. The van der Waals surface area contributed by atoms with Gasteiger partial charge in [0.2, 0.25) is 0 Å². The minimum atomic E-state index is 0.132. The number of carbonyl (C=O) groups excluding carboxylic acids is 1. The van der Waals surface area contributed by atoms with Crippen LogP contribution in [0.4, 0.5) is 0 Å². The Morgan fingerprint density at radius 3 is 2.95 bits per heavy atom. The Morgan fingerprint density at radius 1 is 1.29 bits per heavy atom. The molecule has 2 atom stereocenters. The molecule has 1 aromatic carbocycles. The summed E-state index contributed by atoms with van der Waals surface area (Å²) < 4.78 is 6.27. The standard InChI is InChI=1S/C17H20N2O2/c20-10-9-13-5-1-3-7-16(13)21-17-8-4-2-6-14(17)15-11-18-12-19-15/h2,4,6,8,10-13,16H,1,3,5,7,9H2,(H,18,19). The second-order valence-electron chi connectivity index (χ2n) is 5.56. The lowest BCUT2D eigenvalue weighted by atomic mass is 9.84. The molecule has 2 aromatic rings. The SMILES string of the molecule is O=CCC1CCCCC1Oc1ccccc1-c1cnc[nH]1. The van der Waals surface area contributed by atoms with Gasteiger partial charge in [-0.2, -0.15) is 0 Å². The van der Waals surface area contributed by atoms with Crippen LogP contribution in [0.1, 0.15) is 32.1 Å². The zero-order valence-corrected chi connectivity index (χ0v) is 12.0. The van der Waals surface area contributed by atoms with Crippen LogP contribution in [0.5, 0.6) is 5.75 Å². The monoisotopic (exact) mass is 284 g/mol. The Morgan fingerprint density at radius 2 is 2.14 bits per heavy atom. The number of aldehydes is 1. The number of ether oxygens (including phenoxy) is 1. The number of H-pyrrole nitrogens is 1. The number of rotatable bonds is 5. The van der Waals surface area contributed by atoms with Crippen molar-refractivity contribution in [1.82, 2.24) is 9.97 Å². The molecule has 0 saturated heterocycles. The maximum atomic E-state index is 10.9. The van der Waals surface area contributed by atoms with Gasteiger partial charge in [0.05, 0.1) is 18.2 Å². The van der Waals surface area contributed by atoms with E-state index in [1.165, 1.54) is 12.8 Å². The number of hydrogen-bond donors (Lipinski definition) is 1. The fraction of sp³-hybridized carbons (Fsp3) is 0.412. The van der Waals surface area contributed by atoms with E-state index in [-0.39, 0.29) is 6.10 Å². The summed E-state index contributed by atoms with van der Waals surface area (Å²) in [6.45, 7) is 0. The topological polar surface area (TPSA) is 55.0 Å². The molecule has 0 spiro atoms. The first-order chi connectivity index (χ1) is 10.4. The molecule has 1 N–H and O–H groups in total. The van der Waals surface area contributed by atoms with Crippen LogP contribution in [-0.2, 0) is 4.79 Å². The highest BCUT2D eigenvalue weighted by Gasteiger charge is 2.27. The smallest absolute Gasteiger partial charge is 0.129 e. The van der Waals surface area contributed by atoms with Gasteiger partial charge in [0.25, 0.3) is 0 Å². The van der Waals surface area contributed by atoms with Crippen LogP contribution in [0.25, 0.3) is 11.3 Å². The van der Waals surface area contributed by atoms with Gasteiger partial charge < -0.3 is 14.5 Å². The van der Waals surface area contributed by atoms with E-state index in [1.807, 2.05) is 24.3 Å². The number of benzene rings is 1. The highest BCUT2D eigenvalue weighted by molar-refractivity contribution is 5.66. The first-order valence-electron chi connectivity index (χ1n) is 7.56. The quantitative estimate of drug-likeness (QED) is 0.853. The average Bonchev–Trinajstić information content (AvgIpc) is 3.04. The third-order valence-electron chi connectivity index (χ3n) is 4.19. The van der Waals surface area contributed by atoms with Crippen molar-refractivity contribution in [3.63, 3.8) is 0 Å². The number of aromatic nitrogens is 2. The van der Waals surface area contributed by atoms with Gasteiger partial charge in [0, 0.05) is 17.9 Å². The zero-order chi connectivity index (χ0) is 14.5. The Labute approximate surface area is 124 Å². The molecule has 1 saturated carbocycles. The molecular weight excluding hydrogens is 264 g/mol. The van der Waals surface area contributed by atoms with E-state index in [0.717, 1.165) is 36.1 Å². The Balaban J connectivity index is 1.82. The minimum absolute atomic E-state index is 0.132. The summed E-state index contributed by atoms with van der Waals surface area (Å²) in [7, 11) is 0. The summed E-state index contributed by atoms with van der Waals surface area (Å²) in [5.41, 5.74) is 1.97. The maximum absolute atomic E-state index is 10.9. The van der Waals surface area contributed by atoms with Gasteiger partial charge in [-0.1, -0.05) is 18.6 Å². The molecule has 2 unspecified atom stereocenters. The van der Waals surface area contributed by atoms with Crippen molar-refractivity contribution in [3.8, 4) is 17.0 Å². The van der Waals surface area contributed by atoms with Crippen LogP contribution in [0.15, 0.2) is 36.8 Å². The van der Waals surface area contributed by atoms with Gasteiger partial charge in [-0.15, -0.1) is 0 Å². The van der Waals surface area contributed by atoms with Gasteiger partial charge >= 0.3 is 0 Å². The summed E-state index contributed by atoms with van der Waals surface area (Å²) in [6.07, 6.45) is 9.68. The number of nitrogens with one attached hydrogen (secondary N) is 1. The number of hydrogen-bond acceptors (Lipinski definition) is 3. The van der Waals surface area contributed by atoms with Crippen LogP contribution >= 0.6 is 0 Å². The predicted molar refractivity (Wildman–Crippen MR) is 81.1 cm³/mol. The molecule has 0 bridgehead atoms. The molecule has 0 aliphatic heterocycles. The Kier molecular flexibility index (Phi) is 4.34. The van der Waals surface area contributed by atoms with E-state index in [0.29, 0.717) is 12.3 Å². The Bertz CT molecular complexity index is 580. The lowest BCUT2D eigenvalue weighted by Crippen LogP contribution is -2.30. The fourth-order valence-electron chi connectivity index (χ4n) is 3.08. The van der Waals surface area contributed by atoms with Gasteiger partial charge in [-0.05, 0) is 31.4 Å². The van der Waals surface area contributed by atoms with E-state index < -0.39 is 0 Å². The second-order valence-corrected chi connectivity index (χ2v) is 5.56. The maximum Gasteiger partial charge on any atom is 0.129 e. The number of nitrogens with zero attached hydrogens (tertiary/aromatic N) is 1. The van der Waals surface area contributed by atoms with Crippen molar-refractivity contribution in [2.75, 3.05) is 0 Å². The molecule has 1 aliphatic carbocycles. The van der Waals surface area contributed by atoms with Crippen LogP contribution in [0.2, 0.25) is 0 Å². The molecular formula is C17H20N2O2. The summed E-state index contributed by atoms with van der Waals surface area (Å²) in [5, 5.41) is 0. The van der Waals surface area contributed by atoms with Crippen LogP contribution in [-0.4, -0.2) is 22.4 Å². The highest BCUT2D eigenvalue weighted by atomic mass is 16.5. The summed E-state index contributed by atoms with van der Waals surface area (Å²) in [4.78, 5) is 18.0. The van der Waals surface area contributed by atoms with Crippen molar-refractivity contribution in [2.45, 2.75) is 38.2 Å². The third kappa shape index (κ3) is 3.15. The number of para-hydroxylation sites is 1. The lowest BCUT2D eigenvalue weighted by molar-refractivity contribution is -0.109. The van der Waals surface area contributed by atoms with Crippen LogP contribution in [0, 0.1) is 5.92 Å². The Hall–Kier alpha value is -2.10. The summed E-state index contributed by atoms with van der Waals surface area (Å²) >= 11 is 0.